The number of para-hydroxylation sites is 2. The molecule has 0 atom stereocenters. The quantitative estimate of drug-likeness (QED) is 0.369. The molecular formula is C20H14N2. The molecule has 3 aromatic carbocycles. The fourth-order valence-corrected chi connectivity index (χ4v) is 2.57. The van der Waals surface area contributed by atoms with Crippen molar-refractivity contribution in [3.8, 4) is 0 Å². The molecule has 0 bridgehead atoms. The number of rotatable bonds is 2. The number of aliphatic imine (C=N–C) groups is 1. The van der Waals surface area contributed by atoms with E-state index >= 15 is 0 Å². The van der Waals surface area contributed by atoms with Gasteiger partial charge in [-0.2, -0.15) is 0 Å². The zero-order chi connectivity index (χ0) is 14.8. The van der Waals surface area contributed by atoms with Gasteiger partial charge in [-0.15, -0.1) is 0 Å². The molecule has 0 amide bonds. The van der Waals surface area contributed by atoms with Crippen molar-refractivity contribution >= 4 is 33.7 Å². The summed E-state index contributed by atoms with van der Waals surface area (Å²) in [7, 11) is 0. The Labute approximate surface area is 128 Å². The maximum Gasteiger partial charge on any atom is 0.0966 e. The average Bonchev–Trinajstić information content (AvgIpc) is 2.59. The van der Waals surface area contributed by atoms with Crippen LogP contribution in [-0.2, 0) is 0 Å². The van der Waals surface area contributed by atoms with Gasteiger partial charge >= 0.3 is 0 Å². The third-order valence-corrected chi connectivity index (χ3v) is 3.68. The van der Waals surface area contributed by atoms with E-state index in [-0.39, 0.29) is 0 Å². The van der Waals surface area contributed by atoms with E-state index in [0.29, 0.717) is 0 Å². The zero-order valence-electron chi connectivity index (χ0n) is 12.0. The van der Waals surface area contributed by atoms with Crippen molar-refractivity contribution in [3.05, 3.63) is 84.4 Å². The van der Waals surface area contributed by atoms with Crippen molar-refractivity contribution in [2.24, 2.45) is 4.99 Å². The molecule has 2 nitrogen and oxygen atoms in total. The molecular weight excluding hydrogens is 268 g/mol. The molecule has 1 heterocycles. The minimum absolute atomic E-state index is 0.895. The topological polar surface area (TPSA) is 25.2 Å². The van der Waals surface area contributed by atoms with Crippen LogP contribution in [0.3, 0.4) is 0 Å². The molecule has 0 aliphatic carbocycles. The Balaban J connectivity index is 1.87. The highest BCUT2D eigenvalue weighted by Gasteiger charge is 2.03. The van der Waals surface area contributed by atoms with Gasteiger partial charge in [-0.3, -0.25) is 4.99 Å². The summed E-state index contributed by atoms with van der Waals surface area (Å²) in [6.45, 7) is 0. The van der Waals surface area contributed by atoms with E-state index < -0.39 is 0 Å². The van der Waals surface area contributed by atoms with Crippen LogP contribution in [-0.4, -0.2) is 11.2 Å². The van der Waals surface area contributed by atoms with Gasteiger partial charge in [-0.1, -0.05) is 60.7 Å². The number of fused-ring (bicyclic) bond motifs is 2. The summed E-state index contributed by atoms with van der Waals surface area (Å²) in [5, 5.41) is 2.26. The third kappa shape index (κ3) is 2.35. The smallest absolute Gasteiger partial charge is 0.0966 e. The first-order chi connectivity index (χ1) is 10.9. The van der Waals surface area contributed by atoms with E-state index in [1.165, 1.54) is 0 Å². The average molecular weight is 282 g/mol. The fraction of sp³-hybridized carbons (Fsp3) is 0. The van der Waals surface area contributed by atoms with Crippen molar-refractivity contribution in [2.45, 2.75) is 0 Å². The predicted octanol–water partition coefficient (Wildman–Crippen LogP) is 5.14. The normalized spacial score (nSPS) is 11.5. The van der Waals surface area contributed by atoms with Crippen LogP contribution in [0.1, 0.15) is 5.56 Å². The van der Waals surface area contributed by atoms with E-state index in [2.05, 4.69) is 23.2 Å². The molecule has 0 N–H and O–H groups in total. The first-order valence-electron chi connectivity index (χ1n) is 7.28. The maximum absolute atomic E-state index is 4.78. The molecule has 0 fully saturated rings. The van der Waals surface area contributed by atoms with Crippen molar-refractivity contribution in [1.82, 2.24) is 4.98 Å². The lowest BCUT2D eigenvalue weighted by Crippen LogP contribution is -1.84. The van der Waals surface area contributed by atoms with Gasteiger partial charge in [0.25, 0.3) is 0 Å². The van der Waals surface area contributed by atoms with Crippen LogP contribution in [0.5, 0.6) is 0 Å². The molecule has 0 aliphatic rings. The van der Waals surface area contributed by atoms with Crippen molar-refractivity contribution in [2.75, 3.05) is 0 Å². The van der Waals surface area contributed by atoms with Crippen molar-refractivity contribution in [1.29, 1.82) is 0 Å². The maximum atomic E-state index is 4.78. The highest BCUT2D eigenvalue weighted by Crippen LogP contribution is 2.27. The summed E-state index contributed by atoms with van der Waals surface area (Å²) < 4.78 is 0. The van der Waals surface area contributed by atoms with Crippen molar-refractivity contribution < 1.29 is 0 Å². The van der Waals surface area contributed by atoms with Gasteiger partial charge in [-0.25, -0.2) is 4.98 Å². The Hall–Kier alpha value is -3.00. The SMILES string of the molecule is C(=Nc1cccc2cc3ccccc3nc12)c1ccccc1. The molecule has 0 spiro atoms. The molecule has 0 aliphatic heterocycles. The Kier molecular flexibility index (Phi) is 3.13. The molecule has 2 heteroatoms. The van der Waals surface area contributed by atoms with Gasteiger partial charge in [0.15, 0.2) is 0 Å². The van der Waals surface area contributed by atoms with Gasteiger partial charge < -0.3 is 0 Å². The van der Waals surface area contributed by atoms with Crippen LogP contribution >= 0.6 is 0 Å². The third-order valence-electron chi connectivity index (χ3n) is 3.68. The molecule has 4 aromatic rings. The number of pyridine rings is 1. The lowest BCUT2D eigenvalue weighted by atomic mass is 10.1. The van der Waals surface area contributed by atoms with Crippen LogP contribution in [0.2, 0.25) is 0 Å². The van der Waals surface area contributed by atoms with E-state index in [1.54, 1.807) is 0 Å². The van der Waals surface area contributed by atoms with Gasteiger partial charge in [0.05, 0.1) is 16.7 Å². The van der Waals surface area contributed by atoms with E-state index in [9.17, 15) is 0 Å². The van der Waals surface area contributed by atoms with E-state index in [4.69, 9.17) is 4.98 Å². The molecule has 22 heavy (non-hydrogen) atoms. The number of nitrogens with zero attached hydrogens (tertiary/aromatic N) is 2. The summed E-state index contributed by atoms with van der Waals surface area (Å²) in [5.41, 5.74) is 3.91. The second-order valence-corrected chi connectivity index (χ2v) is 5.20. The Morgan fingerprint density at radius 2 is 1.50 bits per heavy atom. The molecule has 0 saturated heterocycles. The summed E-state index contributed by atoms with van der Waals surface area (Å²) in [5.74, 6) is 0. The summed E-state index contributed by atoms with van der Waals surface area (Å²) in [6.07, 6.45) is 1.88. The van der Waals surface area contributed by atoms with E-state index in [0.717, 1.165) is 33.1 Å². The monoisotopic (exact) mass is 282 g/mol. The number of benzene rings is 3. The van der Waals surface area contributed by atoms with Crippen LogP contribution in [0, 0.1) is 0 Å². The number of hydrogen-bond donors (Lipinski definition) is 0. The summed E-state index contributed by atoms with van der Waals surface area (Å²) in [6, 6.07) is 26.5. The Bertz CT molecular complexity index is 972. The molecule has 0 unspecified atom stereocenters. The van der Waals surface area contributed by atoms with Gasteiger partial charge in [0, 0.05) is 17.0 Å². The van der Waals surface area contributed by atoms with Gasteiger partial charge in [0.1, 0.15) is 0 Å². The predicted molar refractivity (Wildman–Crippen MR) is 92.9 cm³/mol. The Morgan fingerprint density at radius 3 is 2.41 bits per heavy atom. The highest BCUT2D eigenvalue weighted by molar-refractivity contribution is 5.99. The standard InChI is InChI=1S/C20H14N2/c1-2-7-15(8-3-1)14-21-19-12-6-10-17-13-16-9-4-5-11-18(16)22-20(17)19/h1-14H. The van der Waals surface area contributed by atoms with E-state index in [1.807, 2.05) is 66.9 Å². The van der Waals surface area contributed by atoms with Crippen LogP contribution in [0.25, 0.3) is 21.8 Å². The molecule has 1 aromatic heterocycles. The number of hydrogen-bond acceptors (Lipinski definition) is 2. The largest absolute Gasteiger partial charge is 0.254 e. The summed E-state index contributed by atoms with van der Waals surface area (Å²) in [4.78, 5) is 9.40. The molecule has 0 radical (unpaired) electrons. The minimum Gasteiger partial charge on any atom is -0.254 e. The van der Waals surface area contributed by atoms with Crippen LogP contribution in [0.4, 0.5) is 5.69 Å². The highest BCUT2D eigenvalue weighted by atomic mass is 14.8. The van der Waals surface area contributed by atoms with Crippen LogP contribution in [0.15, 0.2) is 83.9 Å². The van der Waals surface area contributed by atoms with Gasteiger partial charge in [-0.05, 0) is 23.8 Å². The second kappa shape index (κ2) is 5.41. The lowest BCUT2D eigenvalue weighted by Gasteiger charge is -2.04. The number of aromatic nitrogens is 1. The second-order valence-electron chi connectivity index (χ2n) is 5.20. The Morgan fingerprint density at radius 1 is 0.727 bits per heavy atom. The minimum atomic E-state index is 0.895. The lowest BCUT2D eigenvalue weighted by molar-refractivity contribution is 1.46. The molecule has 4 rings (SSSR count). The van der Waals surface area contributed by atoms with Crippen LogP contribution < -0.4 is 0 Å². The fourth-order valence-electron chi connectivity index (χ4n) is 2.57. The first-order valence-corrected chi connectivity index (χ1v) is 7.28. The molecule has 104 valence electrons. The van der Waals surface area contributed by atoms with Crippen molar-refractivity contribution in [3.63, 3.8) is 0 Å². The first kappa shape index (κ1) is 12.7. The summed E-state index contributed by atoms with van der Waals surface area (Å²) >= 11 is 0. The van der Waals surface area contributed by atoms with Gasteiger partial charge in [0.2, 0.25) is 0 Å². The molecule has 0 saturated carbocycles. The zero-order valence-corrected chi connectivity index (χ0v) is 12.0.